The molecule has 0 amide bonds. The van der Waals surface area contributed by atoms with E-state index >= 15 is 0 Å². The fourth-order valence-electron chi connectivity index (χ4n) is 3.85. The quantitative estimate of drug-likeness (QED) is 0.835. The van der Waals surface area contributed by atoms with Gasteiger partial charge in [0.2, 0.25) is 0 Å². The maximum atomic E-state index is 6.46. The molecule has 1 saturated heterocycles. The van der Waals surface area contributed by atoms with Crippen molar-refractivity contribution >= 4 is 11.3 Å². The molecule has 1 aromatic heterocycles. The zero-order valence-electron chi connectivity index (χ0n) is 12.6. The normalized spacial score (nSPS) is 27.1. The molecule has 2 aliphatic rings. The van der Waals surface area contributed by atoms with E-state index in [0.29, 0.717) is 12.0 Å². The Balaban J connectivity index is 1.76. The first-order valence-electron chi connectivity index (χ1n) is 7.66. The van der Waals surface area contributed by atoms with E-state index in [9.17, 15) is 0 Å². The number of thiophene rings is 1. The third kappa shape index (κ3) is 2.33. The number of ether oxygens (including phenoxy) is 1. The molecule has 1 fully saturated rings. The minimum Gasteiger partial charge on any atom is -0.368 e. The summed E-state index contributed by atoms with van der Waals surface area (Å²) in [6.45, 7) is 1.01. The summed E-state index contributed by atoms with van der Waals surface area (Å²) >= 11 is 1.88. The molecule has 1 aliphatic carbocycles. The zero-order chi connectivity index (χ0) is 14.4. The van der Waals surface area contributed by atoms with Crippen molar-refractivity contribution in [2.24, 2.45) is 0 Å². The average Bonchev–Trinajstić information content (AvgIpc) is 3.03. The van der Waals surface area contributed by atoms with Crippen LogP contribution in [0.5, 0.6) is 0 Å². The number of benzene rings is 1. The highest BCUT2D eigenvalue weighted by Gasteiger charge is 2.40. The first kappa shape index (κ1) is 13.5. The lowest BCUT2D eigenvalue weighted by Crippen LogP contribution is -2.25. The summed E-state index contributed by atoms with van der Waals surface area (Å²) in [5.74, 6) is 0.516. The van der Waals surface area contributed by atoms with Crippen LogP contribution in [0.4, 0.5) is 0 Å². The number of hydrogen-bond acceptors (Lipinski definition) is 3. The van der Waals surface area contributed by atoms with E-state index in [2.05, 4.69) is 54.7 Å². The Hall–Kier alpha value is -1.16. The van der Waals surface area contributed by atoms with Crippen molar-refractivity contribution in [2.75, 3.05) is 20.6 Å². The van der Waals surface area contributed by atoms with Gasteiger partial charge in [0.05, 0.1) is 12.2 Å². The highest BCUT2D eigenvalue weighted by atomic mass is 32.1. The molecule has 21 heavy (non-hydrogen) atoms. The van der Waals surface area contributed by atoms with Gasteiger partial charge in [-0.15, -0.1) is 11.3 Å². The predicted octanol–water partition coefficient (Wildman–Crippen LogP) is 3.83. The Morgan fingerprint density at radius 1 is 1.19 bits per heavy atom. The van der Waals surface area contributed by atoms with Crippen LogP contribution >= 0.6 is 11.3 Å². The van der Waals surface area contributed by atoms with Crippen molar-refractivity contribution in [2.45, 2.75) is 31.0 Å². The van der Waals surface area contributed by atoms with Crippen LogP contribution in [0.2, 0.25) is 0 Å². The Labute approximate surface area is 130 Å². The molecule has 4 rings (SSSR count). The van der Waals surface area contributed by atoms with E-state index in [4.69, 9.17) is 4.74 Å². The maximum Gasteiger partial charge on any atom is 0.0909 e. The fourth-order valence-corrected chi connectivity index (χ4v) is 4.79. The largest absolute Gasteiger partial charge is 0.368 e. The van der Waals surface area contributed by atoms with Gasteiger partial charge in [0, 0.05) is 23.8 Å². The van der Waals surface area contributed by atoms with E-state index in [1.807, 2.05) is 11.3 Å². The molecule has 3 unspecified atom stereocenters. The number of hydrogen-bond donors (Lipinski definition) is 0. The zero-order valence-corrected chi connectivity index (χ0v) is 13.4. The van der Waals surface area contributed by atoms with Crippen LogP contribution in [-0.4, -0.2) is 31.6 Å². The van der Waals surface area contributed by atoms with Gasteiger partial charge in [-0.25, -0.2) is 0 Å². The summed E-state index contributed by atoms with van der Waals surface area (Å²) in [5.41, 5.74) is 4.43. The molecule has 3 atom stereocenters. The summed E-state index contributed by atoms with van der Waals surface area (Å²) in [6, 6.07) is 11.2. The van der Waals surface area contributed by atoms with Gasteiger partial charge in [0.1, 0.15) is 0 Å². The van der Waals surface area contributed by atoms with E-state index in [0.717, 1.165) is 19.4 Å². The first-order chi connectivity index (χ1) is 10.2. The Morgan fingerprint density at radius 3 is 2.90 bits per heavy atom. The van der Waals surface area contributed by atoms with Crippen LogP contribution in [0, 0.1) is 0 Å². The van der Waals surface area contributed by atoms with Crippen molar-refractivity contribution in [1.82, 2.24) is 4.90 Å². The molecule has 1 aliphatic heterocycles. The molecule has 0 saturated carbocycles. The maximum absolute atomic E-state index is 6.46. The van der Waals surface area contributed by atoms with Gasteiger partial charge in [-0.3, -0.25) is 0 Å². The summed E-state index contributed by atoms with van der Waals surface area (Å²) in [7, 11) is 4.25. The molecule has 3 heteroatoms. The van der Waals surface area contributed by atoms with Gasteiger partial charge in [-0.1, -0.05) is 24.3 Å². The summed E-state index contributed by atoms with van der Waals surface area (Å²) < 4.78 is 6.46. The number of likely N-dealkylation sites (N-methyl/N-ethyl adjacent to an activating group) is 1. The lowest BCUT2D eigenvalue weighted by Gasteiger charge is -2.18. The molecule has 0 bridgehead atoms. The summed E-state index contributed by atoms with van der Waals surface area (Å²) in [4.78, 5) is 3.72. The lowest BCUT2D eigenvalue weighted by molar-refractivity contribution is 0.0274. The van der Waals surface area contributed by atoms with Gasteiger partial charge >= 0.3 is 0 Å². The van der Waals surface area contributed by atoms with Crippen LogP contribution in [-0.2, 0) is 11.2 Å². The van der Waals surface area contributed by atoms with Crippen molar-refractivity contribution in [3.63, 3.8) is 0 Å². The van der Waals surface area contributed by atoms with Gasteiger partial charge in [0.15, 0.2) is 0 Å². The van der Waals surface area contributed by atoms with E-state index in [1.54, 1.807) is 0 Å². The van der Waals surface area contributed by atoms with Crippen molar-refractivity contribution in [1.29, 1.82) is 0 Å². The molecule has 2 nitrogen and oxygen atoms in total. The predicted molar refractivity (Wildman–Crippen MR) is 87.1 cm³/mol. The molecule has 110 valence electrons. The van der Waals surface area contributed by atoms with Gasteiger partial charge < -0.3 is 9.64 Å². The first-order valence-corrected chi connectivity index (χ1v) is 8.54. The SMILES string of the molecule is CN(C)CC1CC2c3ccccc3Cc3sccc3C2O1. The standard InChI is InChI=1S/C18H21NOS/c1-19(2)11-13-10-16-14-6-4-3-5-12(14)9-17-15(7-8-21-17)18(16)20-13/h3-8,13,16,18H,9-11H2,1-2H3. The molecular weight excluding hydrogens is 278 g/mol. The molecule has 0 spiro atoms. The smallest absolute Gasteiger partial charge is 0.0909 e. The fraction of sp³-hybridized carbons (Fsp3) is 0.444. The molecular formula is C18H21NOS. The molecule has 1 aromatic carbocycles. The second-order valence-electron chi connectivity index (χ2n) is 6.46. The third-order valence-electron chi connectivity index (χ3n) is 4.68. The highest BCUT2D eigenvalue weighted by Crippen LogP contribution is 2.50. The topological polar surface area (TPSA) is 12.5 Å². The second kappa shape index (κ2) is 5.24. The van der Waals surface area contributed by atoms with Crippen molar-refractivity contribution in [3.8, 4) is 0 Å². The summed E-state index contributed by atoms with van der Waals surface area (Å²) in [6.07, 6.45) is 2.79. The van der Waals surface area contributed by atoms with E-state index in [-0.39, 0.29) is 6.10 Å². The van der Waals surface area contributed by atoms with Crippen LogP contribution in [0.3, 0.4) is 0 Å². The minimum absolute atomic E-state index is 0.250. The monoisotopic (exact) mass is 299 g/mol. The van der Waals surface area contributed by atoms with E-state index < -0.39 is 0 Å². The second-order valence-corrected chi connectivity index (χ2v) is 7.46. The number of rotatable bonds is 2. The Morgan fingerprint density at radius 2 is 2.05 bits per heavy atom. The van der Waals surface area contributed by atoms with Crippen molar-refractivity contribution < 1.29 is 4.74 Å². The summed E-state index contributed by atoms with van der Waals surface area (Å²) in [5, 5.41) is 2.22. The lowest BCUT2D eigenvalue weighted by atomic mass is 9.87. The average molecular weight is 299 g/mol. The molecule has 2 aromatic rings. The Bertz CT molecular complexity index is 648. The van der Waals surface area contributed by atoms with Crippen LogP contribution < -0.4 is 0 Å². The van der Waals surface area contributed by atoms with Crippen LogP contribution in [0.1, 0.15) is 40.0 Å². The van der Waals surface area contributed by atoms with Crippen LogP contribution in [0.25, 0.3) is 0 Å². The third-order valence-corrected chi connectivity index (χ3v) is 5.62. The van der Waals surface area contributed by atoms with E-state index in [1.165, 1.54) is 21.6 Å². The molecule has 0 N–H and O–H groups in total. The molecule has 2 heterocycles. The number of nitrogens with zero attached hydrogens (tertiary/aromatic N) is 1. The minimum atomic E-state index is 0.250. The van der Waals surface area contributed by atoms with Gasteiger partial charge in [-0.05, 0) is 48.7 Å². The molecule has 0 radical (unpaired) electrons. The highest BCUT2D eigenvalue weighted by molar-refractivity contribution is 7.10. The van der Waals surface area contributed by atoms with Crippen molar-refractivity contribution in [3.05, 3.63) is 57.3 Å². The van der Waals surface area contributed by atoms with Crippen LogP contribution in [0.15, 0.2) is 35.7 Å². The van der Waals surface area contributed by atoms with Gasteiger partial charge in [0.25, 0.3) is 0 Å². The Kier molecular flexibility index (Phi) is 3.37. The number of fused-ring (bicyclic) bond motifs is 5. The van der Waals surface area contributed by atoms with Gasteiger partial charge in [-0.2, -0.15) is 0 Å².